The third-order valence-corrected chi connectivity index (χ3v) is 4.75. The molecule has 1 heterocycles. The Hall–Kier alpha value is -1.12. The number of hydrogen-bond acceptors (Lipinski definition) is 3. The van der Waals surface area contributed by atoms with Crippen LogP contribution < -0.4 is 11.1 Å². The first-order valence-electron chi connectivity index (χ1n) is 7.48. The molecule has 1 aliphatic rings. The fraction of sp³-hybridized carbons (Fsp3) is 0.353. The molecule has 1 atom stereocenters. The quantitative estimate of drug-likeness (QED) is 0.385. The van der Waals surface area contributed by atoms with Crippen LogP contribution in [0.2, 0.25) is 0 Å². The van der Waals surface area contributed by atoms with Crippen molar-refractivity contribution >= 4 is 47.0 Å². The van der Waals surface area contributed by atoms with Gasteiger partial charge in [-0.2, -0.15) is 11.3 Å². The number of aliphatic hydroxyl groups is 1. The third kappa shape index (κ3) is 4.45. The average Bonchev–Trinajstić information content (AvgIpc) is 3.16. The van der Waals surface area contributed by atoms with Crippen LogP contribution in [0.4, 0.5) is 5.69 Å². The minimum atomic E-state index is -0.996. The second-order valence-corrected chi connectivity index (χ2v) is 6.73. The zero-order valence-corrected chi connectivity index (χ0v) is 16.2. The second-order valence-electron chi connectivity index (χ2n) is 5.95. The second kappa shape index (κ2) is 7.63. The Labute approximate surface area is 157 Å². The molecule has 0 saturated heterocycles. The highest BCUT2D eigenvalue weighted by Crippen LogP contribution is 2.25. The summed E-state index contributed by atoms with van der Waals surface area (Å²) in [4.78, 5) is 4.28. The predicted octanol–water partition coefficient (Wildman–Crippen LogP) is 3.49. The lowest BCUT2D eigenvalue weighted by atomic mass is 10.00. The maximum Gasteiger partial charge on any atom is 0.193 e. The molecule has 0 bridgehead atoms. The zero-order chi connectivity index (χ0) is 15.6. The van der Waals surface area contributed by atoms with Gasteiger partial charge in [0.2, 0.25) is 0 Å². The number of nitrogens with zero attached hydrogens (tertiary/aromatic N) is 1. The first-order valence-corrected chi connectivity index (χ1v) is 8.43. The largest absolute Gasteiger partial charge is 0.383 e. The average molecular weight is 443 g/mol. The Morgan fingerprint density at radius 1 is 1.35 bits per heavy atom. The molecular weight excluding hydrogens is 421 g/mol. The van der Waals surface area contributed by atoms with Gasteiger partial charge in [-0.1, -0.05) is 6.07 Å². The van der Waals surface area contributed by atoms with Gasteiger partial charge in [-0.25, -0.2) is 4.99 Å². The zero-order valence-electron chi connectivity index (χ0n) is 13.1. The smallest absolute Gasteiger partial charge is 0.193 e. The van der Waals surface area contributed by atoms with E-state index in [0.29, 0.717) is 5.96 Å². The van der Waals surface area contributed by atoms with Crippen LogP contribution in [0, 0.1) is 0 Å². The number of aliphatic imine (C=N–C) groups is 1. The van der Waals surface area contributed by atoms with Gasteiger partial charge < -0.3 is 16.2 Å². The van der Waals surface area contributed by atoms with Crippen LogP contribution in [0.1, 0.15) is 30.0 Å². The molecule has 0 saturated carbocycles. The molecule has 0 aliphatic heterocycles. The summed E-state index contributed by atoms with van der Waals surface area (Å²) in [5, 5.41) is 17.4. The molecule has 1 aliphatic carbocycles. The number of guanidine groups is 1. The topological polar surface area (TPSA) is 70.6 Å². The van der Waals surface area contributed by atoms with Gasteiger partial charge in [0, 0.05) is 5.69 Å². The summed E-state index contributed by atoms with van der Waals surface area (Å²) in [5.74, 6) is 0.327. The van der Waals surface area contributed by atoms with Crippen molar-refractivity contribution in [2.24, 2.45) is 10.7 Å². The number of halogens is 1. The maximum absolute atomic E-state index is 10.4. The van der Waals surface area contributed by atoms with Gasteiger partial charge in [0.1, 0.15) is 5.60 Å². The number of fused-ring (bicyclic) bond motifs is 1. The van der Waals surface area contributed by atoms with Gasteiger partial charge >= 0.3 is 0 Å². The molecule has 6 heteroatoms. The van der Waals surface area contributed by atoms with Crippen LogP contribution in [0.25, 0.3) is 0 Å². The van der Waals surface area contributed by atoms with Crippen LogP contribution in [-0.4, -0.2) is 17.6 Å². The van der Waals surface area contributed by atoms with E-state index in [4.69, 9.17) is 5.73 Å². The van der Waals surface area contributed by atoms with E-state index in [2.05, 4.69) is 22.4 Å². The van der Waals surface area contributed by atoms with Gasteiger partial charge in [-0.3, -0.25) is 0 Å². The van der Waals surface area contributed by atoms with Crippen molar-refractivity contribution in [3.63, 3.8) is 0 Å². The lowest BCUT2D eigenvalue weighted by molar-refractivity contribution is 0.0678. The molecule has 4 nitrogen and oxygen atoms in total. The number of nitrogens with two attached hydrogens (primary N) is 1. The first-order chi connectivity index (χ1) is 10.5. The van der Waals surface area contributed by atoms with Crippen LogP contribution in [0.5, 0.6) is 0 Å². The minimum Gasteiger partial charge on any atom is -0.383 e. The van der Waals surface area contributed by atoms with Gasteiger partial charge in [0.25, 0.3) is 0 Å². The first kappa shape index (κ1) is 18.2. The molecule has 1 aromatic heterocycles. The summed E-state index contributed by atoms with van der Waals surface area (Å²) in [5.41, 5.74) is 9.59. The van der Waals surface area contributed by atoms with Crippen molar-refractivity contribution in [2.75, 3.05) is 11.9 Å². The van der Waals surface area contributed by atoms with Crippen molar-refractivity contribution in [2.45, 2.75) is 31.8 Å². The molecule has 1 unspecified atom stereocenters. The predicted molar refractivity (Wildman–Crippen MR) is 108 cm³/mol. The fourth-order valence-corrected chi connectivity index (χ4v) is 3.52. The minimum absolute atomic E-state index is 0. The highest BCUT2D eigenvalue weighted by Gasteiger charge is 2.23. The number of rotatable bonds is 4. The van der Waals surface area contributed by atoms with E-state index in [9.17, 15) is 5.11 Å². The molecule has 124 valence electrons. The molecule has 0 radical (unpaired) electrons. The van der Waals surface area contributed by atoms with E-state index in [-0.39, 0.29) is 30.5 Å². The molecular formula is C17H22IN3OS. The Bertz CT molecular complexity index is 683. The Balaban J connectivity index is 0.00000192. The van der Waals surface area contributed by atoms with Crippen LogP contribution >= 0.6 is 35.3 Å². The van der Waals surface area contributed by atoms with Gasteiger partial charge in [0.05, 0.1) is 6.54 Å². The van der Waals surface area contributed by atoms with Crippen molar-refractivity contribution in [3.05, 3.63) is 51.7 Å². The van der Waals surface area contributed by atoms with Crippen molar-refractivity contribution in [1.29, 1.82) is 0 Å². The van der Waals surface area contributed by atoms with Gasteiger partial charge in [0.15, 0.2) is 5.96 Å². The molecule has 4 N–H and O–H groups in total. The highest BCUT2D eigenvalue weighted by molar-refractivity contribution is 14.0. The summed E-state index contributed by atoms with van der Waals surface area (Å²) in [6.45, 7) is 1.98. The number of anilines is 1. The van der Waals surface area contributed by atoms with Crippen LogP contribution in [-0.2, 0) is 18.4 Å². The van der Waals surface area contributed by atoms with Gasteiger partial charge in [-0.05, 0) is 71.8 Å². The number of thiophene rings is 1. The molecule has 0 fully saturated rings. The van der Waals surface area contributed by atoms with Crippen molar-refractivity contribution in [3.8, 4) is 0 Å². The molecule has 1 aromatic carbocycles. The van der Waals surface area contributed by atoms with E-state index in [1.54, 1.807) is 18.3 Å². The summed E-state index contributed by atoms with van der Waals surface area (Å²) < 4.78 is 0. The van der Waals surface area contributed by atoms with E-state index in [0.717, 1.165) is 17.7 Å². The molecule has 23 heavy (non-hydrogen) atoms. The number of benzene rings is 1. The third-order valence-electron chi connectivity index (χ3n) is 4.07. The molecule has 3 rings (SSSR count). The normalized spacial score (nSPS) is 16.3. The standard InChI is InChI=1S/C17H21N3OS.HI/c1-17(21,14-7-8-22-10-14)11-19-16(18)20-15-6-5-12-3-2-4-13(12)9-15;/h5-10,21H,2-4,11H2,1H3,(H3,18,19,20);1H. The monoisotopic (exact) mass is 443 g/mol. The summed E-state index contributed by atoms with van der Waals surface area (Å²) in [7, 11) is 0. The Morgan fingerprint density at radius 3 is 2.87 bits per heavy atom. The Kier molecular flexibility index (Phi) is 6.05. The molecule has 0 amide bonds. The lowest BCUT2D eigenvalue weighted by Crippen LogP contribution is -2.29. The van der Waals surface area contributed by atoms with E-state index >= 15 is 0 Å². The fourth-order valence-electron chi connectivity index (χ4n) is 2.74. The maximum atomic E-state index is 10.4. The number of hydrogen-bond donors (Lipinski definition) is 3. The summed E-state index contributed by atoms with van der Waals surface area (Å²) in [6.07, 6.45) is 3.53. The van der Waals surface area contributed by atoms with Crippen molar-refractivity contribution < 1.29 is 5.11 Å². The summed E-state index contributed by atoms with van der Waals surface area (Å²) >= 11 is 1.56. The van der Waals surface area contributed by atoms with Gasteiger partial charge in [-0.15, -0.1) is 24.0 Å². The Morgan fingerprint density at radius 2 is 2.13 bits per heavy atom. The number of aryl methyl sites for hydroxylation is 2. The molecule has 0 spiro atoms. The summed E-state index contributed by atoms with van der Waals surface area (Å²) in [6, 6.07) is 8.23. The van der Waals surface area contributed by atoms with E-state index < -0.39 is 5.60 Å². The van der Waals surface area contributed by atoms with Crippen LogP contribution in [0.15, 0.2) is 40.0 Å². The molecule has 2 aromatic rings. The highest BCUT2D eigenvalue weighted by atomic mass is 127. The van der Waals surface area contributed by atoms with Crippen molar-refractivity contribution in [1.82, 2.24) is 0 Å². The van der Waals surface area contributed by atoms with E-state index in [1.165, 1.54) is 24.0 Å². The van der Waals surface area contributed by atoms with E-state index in [1.807, 2.05) is 22.9 Å². The SMILES string of the molecule is CC(O)(CN=C(N)Nc1ccc2c(c1)CCC2)c1ccsc1.I. The lowest BCUT2D eigenvalue weighted by Gasteiger charge is -2.20. The van der Waals surface area contributed by atoms with Crippen LogP contribution in [0.3, 0.4) is 0 Å². The number of nitrogens with one attached hydrogen (secondary N) is 1.